The molecule has 2 fully saturated rings. The summed E-state index contributed by atoms with van der Waals surface area (Å²) < 4.78 is 52.3. The number of halogens is 3. The molecule has 7 nitrogen and oxygen atoms in total. The molecule has 4 heterocycles. The maximum atomic E-state index is 13.6. The van der Waals surface area contributed by atoms with Crippen molar-refractivity contribution in [1.82, 2.24) is 14.9 Å². The first-order valence-electron chi connectivity index (χ1n) is 11.2. The summed E-state index contributed by atoms with van der Waals surface area (Å²) in [6, 6.07) is 2.17. The predicted molar refractivity (Wildman–Crippen MR) is 122 cm³/mol. The number of hydrogen-bond donors (Lipinski definition) is 0. The topological polar surface area (TPSA) is 71.7 Å². The highest BCUT2D eigenvalue weighted by Gasteiger charge is 2.43. The molecule has 0 saturated carbocycles. The SMILES string of the molecule is CC(C)(C)OC(=O)N1C2CCCC1CN(c1nc3cc(C(F)(F)F)cc(-c4nccs4)c3o1)C2. The Morgan fingerprint density at radius 3 is 2.47 bits per heavy atom. The second kappa shape index (κ2) is 8.14. The smallest absolute Gasteiger partial charge is 0.416 e. The van der Waals surface area contributed by atoms with Crippen LogP contribution in [-0.2, 0) is 10.9 Å². The molecule has 0 radical (unpaired) electrons. The van der Waals surface area contributed by atoms with Crippen LogP contribution >= 0.6 is 11.3 Å². The van der Waals surface area contributed by atoms with Gasteiger partial charge in [-0.3, -0.25) is 4.90 Å². The van der Waals surface area contributed by atoms with Gasteiger partial charge in [0, 0.05) is 24.7 Å². The number of thiazole rings is 1. The van der Waals surface area contributed by atoms with Crippen LogP contribution in [0.15, 0.2) is 28.1 Å². The summed E-state index contributed by atoms with van der Waals surface area (Å²) in [5.41, 5.74) is -0.708. The maximum absolute atomic E-state index is 13.6. The van der Waals surface area contributed by atoms with E-state index in [-0.39, 0.29) is 40.9 Å². The molecule has 1 aromatic carbocycles. The number of nitrogens with zero attached hydrogens (tertiary/aromatic N) is 4. The third-order valence-electron chi connectivity index (χ3n) is 6.07. The van der Waals surface area contributed by atoms with Crippen LogP contribution in [-0.4, -0.2) is 51.7 Å². The van der Waals surface area contributed by atoms with Crippen LogP contribution in [0.4, 0.5) is 24.0 Å². The highest BCUT2D eigenvalue weighted by molar-refractivity contribution is 7.13. The number of oxazole rings is 1. The van der Waals surface area contributed by atoms with Crippen LogP contribution in [0.1, 0.15) is 45.6 Å². The number of aromatic nitrogens is 2. The molecular weight excluding hydrogens is 469 g/mol. The van der Waals surface area contributed by atoms with Gasteiger partial charge in [-0.1, -0.05) is 0 Å². The minimum absolute atomic E-state index is 0.0819. The maximum Gasteiger partial charge on any atom is 0.416 e. The Morgan fingerprint density at radius 1 is 1.18 bits per heavy atom. The molecule has 2 unspecified atom stereocenters. The summed E-state index contributed by atoms with van der Waals surface area (Å²) in [5.74, 6) is 0. The molecule has 1 amide bonds. The predicted octanol–water partition coefficient (Wildman–Crippen LogP) is 5.95. The fourth-order valence-corrected chi connectivity index (χ4v) is 5.36. The minimum atomic E-state index is -4.52. The Balaban J connectivity index is 1.49. The number of carbonyl (C=O) groups excluding carboxylic acids is 1. The number of piperidine rings is 1. The van der Waals surface area contributed by atoms with Gasteiger partial charge < -0.3 is 14.1 Å². The lowest BCUT2D eigenvalue weighted by Gasteiger charge is -2.49. The lowest BCUT2D eigenvalue weighted by Crippen LogP contribution is -2.63. The van der Waals surface area contributed by atoms with E-state index < -0.39 is 17.3 Å². The normalized spacial score (nSPS) is 21.2. The number of piperazine rings is 1. The Kier molecular flexibility index (Phi) is 5.50. The average molecular weight is 495 g/mol. The van der Waals surface area contributed by atoms with Gasteiger partial charge in [0.1, 0.15) is 16.1 Å². The number of amides is 1. The van der Waals surface area contributed by atoms with E-state index >= 15 is 0 Å². The van der Waals surface area contributed by atoms with Gasteiger partial charge in [-0.2, -0.15) is 18.2 Å². The number of benzene rings is 1. The first kappa shape index (κ1) is 22.9. The Morgan fingerprint density at radius 2 is 1.88 bits per heavy atom. The van der Waals surface area contributed by atoms with Crippen LogP contribution in [0.5, 0.6) is 0 Å². The van der Waals surface area contributed by atoms with E-state index in [1.807, 2.05) is 30.6 Å². The molecule has 0 spiro atoms. The molecule has 2 saturated heterocycles. The quantitative estimate of drug-likeness (QED) is 0.439. The highest BCUT2D eigenvalue weighted by Crippen LogP contribution is 2.40. The number of ether oxygens (including phenoxy) is 1. The third-order valence-corrected chi connectivity index (χ3v) is 6.87. The zero-order valence-electron chi connectivity index (χ0n) is 19.1. The van der Waals surface area contributed by atoms with Gasteiger partial charge in [0.05, 0.1) is 23.2 Å². The number of rotatable bonds is 2. The molecule has 2 atom stereocenters. The molecule has 2 aromatic heterocycles. The van der Waals surface area contributed by atoms with Crippen molar-refractivity contribution in [3.8, 4) is 10.6 Å². The van der Waals surface area contributed by atoms with Crippen molar-refractivity contribution in [3.63, 3.8) is 0 Å². The molecule has 2 aliphatic heterocycles. The molecule has 2 bridgehead atoms. The number of carbonyl (C=O) groups is 1. The van der Waals surface area contributed by atoms with E-state index in [9.17, 15) is 18.0 Å². The lowest BCUT2D eigenvalue weighted by atomic mass is 9.92. The van der Waals surface area contributed by atoms with Crippen molar-refractivity contribution in [1.29, 1.82) is 0 Å². The summed E-state index contributed by atoms with van der Waals surface area (Å²) >= 11 is 1.24. The molecule has 0 N–H and O–H groups in total. The van der Waals surface area contributed by atoms with Crippen molar-refractivity contribution < 1.29 is 27.1 Å². The summed E-state index contributed by atoms with van der Waals surface area (Å²) in [4.78, 5) is 25.2. The fraction of sp³-hybridized carbons (Fsp3) is 0.522. The van der Waals surface area contributed by atoms with E-state index in [2.05, 4.69) is 9.97 Å². The van der Waals surface area contributed by atoms with Gasteiger partial charge in [0.15, 0.2) is 5.58 Å². The van der Waals surface area contributed by atoms with Gasteiger partial charge >= 0.3 is 12.3 Å². The van der Waals surface area contributed by atoms with Crippen LogP contribution in [0, 0.1) is 0 Å². The largest absolute Gasteiger partial charge is 0.444 e. The highest BCUT2D eigenvalue weighted by atomic mass is 32.1. The summed E-state index contributed by atoms with van der Waals surface area (Å²) in [6.07, 6.45) is -0.681. The van der Waals surface area contributed by atoms with Gasteiger partial charge in [0.25, 0.3) is 6.01 Å². The van der Waals surface area contributed by atoms with Crippen LogP contribution < -0.4 is 4.90 Å². The zero-order chi connectivity index (χ0) is 24.3. The van der Waals surface area contributed by atoms with Crippen LogP contribution in [0.25, 0.3) is 21.7 Å². The third kappa shape index (κ3) is 4.33. The van der Waals surface area contributed by atoms with E-state index in [4.69, 9.17) is 9.15 Å². The van der Waals surface area contributed by atoms with Crippen molar-refractivity contribution in [3.05, 3.63) is 29.3 Å². The second-order valence-electron chi connectivity index (χ2n) is 9.73. The minimum Gasteiger partial charge on any atom is -0.444 e. The molecule has 2 aliphatic rings. The zero-order valence-corrected chi connectivity index (χ0v) is 19.9. The molecule has 3 aromatic rings. The van der Waals surface area contributed by atoms with Crippen molar-refractivity contribution in [2.45, 2.75) is 63.9 Å². The standard InChI is InChI=1S/C23H25F3N4O3S/c1-22(2,3)33-21(31)30-14-5-4-6-15(30)12-29(11-14)20-28-17-10-13(23(24,25)26)9-16(18(17)32-20)19-27-7-8-34-19/h7-10,14-15H,4-6,11-12H2,1-3H3. The monoisotopic (exact) mass is 494 g/mol. The Hall–Kier alpha value is -2.82. The van der Waals surface area contributed by atoms with Crippen LogP contribution in [0.3, 0.4) is 0 Å². The van der Waals surface area contributed by atoms with E-state index in [1.54, 1.807) is 11.6 Å². The lowest BCUT2D eigenvalue weighted by molar-refractivity contribution is -0.137. The van der Waals surface area contributed by atoms with Crippen molar-refractivity contribution in [2.75, 3.05) is 18.0 Å². The van der Waals surface area contributed by atoms with Gasteiger partial charge in [-0.25, -0.2) is 9.78 Å². The fourth-order valence-electron chi connectivity index (χ4n) is 4.71. The molecule has 5 rings (SSSR count). The molecule has 182 valence electrons. The van der Waals surface area contributed by atoms with Crippen molar-refractivity contribution in [2.24, 2.45) is 0 Å². The molecule has 11 heteroatoms. The first-order valence-corrected chi connectivity index (χ1v) is 12.1. The van der Waals surface area contributed by atoms with E-state index in [0.29, 0.717) is 18.1 Å². The van der Waals surface area contributed by atoms with E-state index in [1.165, 1.54) is 11.3 Å². The summed E-state index contributed by atoms with van der Waals surface area (Å²) in [6.45, 7) is 6.46. The number of alkyl halides is 3. The summed E-state index contributed by atoms with van der Waals surface area (Å²) in [5, 5.41) is 2.14. The van der Waals surface area contributed by atoms with Gasteiger partial charge in [0.2, 0.25) is 0 Å². The number of fused-ring (bicyclic) bond motifs is 3. The van der Waals surface area contributed by atoms with Gasteiger partial charge in [-0.05, 0) is 52.2 Å². The van der Waals surface area contributed by atoms with Gasteiger partial charge in [-0.15, -0.1) is 11.3 Å². The Labute approximate surface area is 198 Å². The Bertz CT molecular complexity index is 1190. The number of anilines is 1. The number of hydrogen-bond acceptors (Lipinski definition) is 7. The first-order chi connectivity index (χ1) is 16.0. The molecule has 34 heavy (non-hydrogen) atoms. The van der Waals surface area contributed by atoms with Crippen LogP contribution in [0.2, 0.25) is 0 Å². The second-order valence-corrected chi connectivity index (χ2v) is 10.6. The van der Waals surface area contributed by atoms with E-state index in [0.717, 1.165) is 31.4 Å². The molecular formula is C23H25F3N4O3S. The van der Waals surface area contributed by atoms with Crippen molar-refractivity contribution >= 4 is 34.5 Å². The summed E-state index contributed by atoms with van der Waals surface area (Å²) in [7, 11) is 0. The molecule has 0 aliphatic carbocycles. The average Bonchev–Trinajstić information content (AvgIpc) is 3.40.